The van der Waals surface area contributed by atoms with Crippen LogP contribution < -0.4 is 0 Å². The minimum absolute atomic E-state index is 0.312. The quantitative estimate of drug-likeness (QED) is 0.478. The smallest absolute Gasteiger partial charge is 0.339 e. The third kappa shape index (κ3) is 2.87. The van der Waals surface area contributed by atoms with Crippen molar-refractivity contribution in [1.82, 2.24) is 0 Å². The molecule has 0 aliphatic heterocycles. The fraction of sp³-hybridized carbons (Fsp3) is 0.222. The third-order valence-electron chi connectivity index (χ3n) is 1.51. The van der Waals surface area contributed by atoms with Crippen molar-refractivity contribution in [2.24, 2.45) is 0 Å². The topological polar surface area (TPSA) is 26.3 Å². The second-order valence-corrected chi connectivity index (χ2v) is 4.98. The van der Waals surface area contributed by atoms with Crippen LogP contribution in [0, 0.1) is 3.57 Å². The second-order valence-electron chi connectivity index (χ2n) is 2.51. The normalized spacial score (nSPS) is 10.0. The van der Waals surface area contributed by atoms with Crippen molar-refractivity contribution in [3.05, 3.63) is 25.7 Å². The minimum atomic E-state index is -0.312. The third-order valence-corrected chi connectivity index (χ3v) is 3.91. The molecule has 0 heterocycles. The maximum Gasteiger partial charge on any atom is 0.339 e. The first-order valence-electron chi connectivity index (χ1n) is 3.91. The van der Waals surface area contributed by atoms with Gasteiger partial charge in [0.05, 0.1) is 12.2 Å². The molecule has 0 bridgehead atoms. The number of halogens is 2. The summed E-state index contributed by atoms with van der Waals surface area (Å²) in [5.41, 5.74) is 0.548. The Morgan fingerprint density at radius 3 is 2.86 bits per heavy atom. The number of carbonyl (C=O) groups is 1. The van der Waals surface area contributed by atoms with Gasteiger partial charge in [-0.2, -0.15) is 0 Å². The van der Waals surface area contributed by atoms with Crippen molar-refractivity contribution in [3.63, 3.8) is 0 Å². The molecule has 0 atom stereocenters. The summed E-state index contributed by atoms with van der Waals surface area (Å²) in [4.78, 5) is 12.3. The molecule has 1 rings (SSSR count). The van der Waals surface area contributed by atoms with E-state index in [1.807, 2.05) is 6.07 Å². The predicted octanol–water partition coefficient (Wildman–Crippen LogP) is 3.52. The molecule has 0 aliphatic carbocycles. The molecule has 14 heavy (non-hydrogen) atoms. The maximum atomic E-state index is 11.5. The number of rotatable bonds is 2. The van der Waals surface area contributed by atoms with Crippen LogP contribution in [0.3, 0.4) is 0 Å². The van der Waals surface area contributed by atoms with Crippen molar-refractivity contribution in [2.45, 2.75) is 11.8 Å². The molecule has 0 spiro atoms. The molecule has 0 amide bonds. The Morgan fingerprint density at radius 1 is 1.64 bits per heavy atom. The molecule has 0 saturated heterocycles. The fourth-order valence-corrected chi connectivity index (χ4v) is 2.36. The van der Waals surface area contributed by atoms with E-state index in [9.17, 15) is 4.79 Å². The summed E-state index contributed by atoms with van der Waals surface area (Å²) in [7, 11) is 0. The van der Waals surface area contributed by atoms with Crippen molar-refractivity contribution in [2.75, 3.05) is 6.61 Å². The standard InChI is InChI=1S/C9H8BrIO2S/c1-2-13-9(12)6-3-5(10)4-7(14)8(6)11/h3-4,14H,2H2,1H3. The van der Waals surface area contributed by atoms with Crippen LogP contribution in [0.15, 0.2) is 21.5 Å². The molecule has 1 aromatic carbocycles. The number of benzene rings is 1. The Kier molecular flexibility index (Phi) is 4.72. The maximum absolute atomic E-state index is 11.5. The van der Waals surface area contributed by atoms with Crippen molar-refractivity contribution >= 4 is 57.1 Å². The number of carbonyl (C=O) groups excluding carboxylic acids is 1. The summed E-state index contributed by atoms with van der Waals surface area (Å²) in [5.74, 6) is -0.312. The average molecular weight is 387 g/mol. The average Bonchev–Trinajstić information content (AvgIpc) is 2.11. The van der Waals surface area contributed by atoms with Crippen LogP contribution in [0.4, 0.5) is 0 Å². The zero-order chi connectivity index (χ0) is 10.7. The van der Waals surface area contributed by atoms with E-state index < -0.39 is 0 Å². The lowest BCUT2D eigenvalue weighted by Crippen LogP contribution is -2.07. The van der Waals surface area contributed by atoms with Crippen molar-refractivity contribution < 1.29 is 9.53 Å². The lowest BCUT2D eigenvalue weighted by molar-refractivity contribution is 0.0524. The van der Waals surface area contributed by atoms with Crippen LogP contribution >= 0.6 is 51.1 Å². The summed E-state index contributed by atoms with van der Waals surface area (Å²) < 4.78 is 6.56. The highest BCUT2D eigenvalue weighted by molar-refractivity contribution is 14.1. The van der Waals surface area contributed by atoms with Gasteiger partial charge < -0.3 is 4.74 Å². The van der Waals surface area contributed by atoms with Gasteiger partial charge in [0.25, 0.3) is 0 Å². The van der Waals surface area contributed by atoms with Gasteiger partial charge in [-0.15, -0.1) is 12.6 Å². The van der Waals surface area contributed by atoms with Crippen molar-refractivity contribution in [3.8, 4) is 0 Å². The highest BCUT2D eigenvalue weighted by atomic mass is 127. The van der Waals surface area contributed by atoms with E-state index >= 15 is 0 Å². The summed E-state index contributed by atoms with van der Waals surface area (Å²) in [6, 6.07) is 3.58. The summed E-state index contributed by atoms with van der Waals surface area (Å²) >= 11 is 9.64. The van der Waals surface area contributed by atoms with Crippen LogP contribution in [0.5, 0.6) is 0 Å². The van der Waals surface area contributed by atoms with E-state index in [0.29, 0.717) is 12.2 Å². The first-order chi connectivity index (χ1) is 6.56. The Hall–Kier alpha value is 0.250. The van der Waals surface area contributed by atoms with Crippen LogP contribution in [-0.2, 0) is 4.74 Å². The van der Waals surface area contributed by atoms with Gasteiger partial charge in [0.15, 0.2) is 0 Å². The van der Waals surface area contributed by atoms with E-state index in [1.54, 1.807) is 13.0 Å². The first kappa shape index (κ1) is 12.3. The number of ether oxygens (including phenoxy) is 1. The Balaban J connectivity index is 3.13. The number of hydrogen-bond donors (Lipinski definition) is 1. The van der Waals surface area contributed by atoms with Crippen molar-refractivity contribution in [1.29, 1.82) is 0 Å². The predicted molar refractivity (Wildman–Crippen MR) is 70.1 cm³/mol. The Labute approximate surface area is 110 Å². The van der Waals surface area contributed by atoms with Crippen LogP contribution in [-0.4, -0.2) is 12.6 Å². The van der Waals surface area contributed by atoms with Gasteiger partial charge in [0.2, 0.25) is 0 Å². The zero-order valence-corrected chi connectivity index (χ0v) is 12.0. The van der Waals surface area contributed by atoms with Gasteiger partial charge in [-0.3, -0.25) is 0 Å². The number of esters is 1. The van der Waals surface area contributed by atoms with E-state index in [-0.39, 0.29) is 5.97 Å². The minimum Gasteiger partial charge on any atom is -0.462 e. The van der Waals surface area contributed by atoms with E-state index in [2.05, 4.69) is 51.1 Å². The molecule has 0 saturated carbocycles. The van der Waals surface area contributed by atoms with E-state index in [1.165, 1.54) is 0 Å². The van der Waals surface area contributed by atoms with Gasteiger partial charge in [-0.1, -0.05) is 15.9 Å². The van der Waals surface area contributed by atoms with Crippen LogP contribution in [0.2, 0.25) is 0 Å². The molecule has 0 aromatic heterocycles. The van der Waals surface area contributed by atoms with Gasteiger partial charge >= 0.3 is 5.97 Å². The monoisotopic (exact) mass is 386 g/mol. The molecular formula is C9H8BrIO2S. The molecule has 0 radical (unpaired) electrons. The molecule has 0 aliphatic rings. The Bertz CT molecular complexity index is 368. The van der Waals surface area contributed by atoms with Gasteiger partial charge in [0, 0.05) is 12.9 Å². The molecule has 5 heteroatoms. The number of hydrogen-bond acceptors (Lipinski definition) is 3. The molecule has 0 fully saturated rings. The summed E-state index contributed by atoms with van der Waals surface area (Å²) in [6.45, 7) is 2.16. The molecule has 0 N–H and O–H groups in total. The first-order valence-corrected chi connectivity index (χ1v) is 6.23. The van der Waals surface area contributed by atoms with E-state index in [4.69, 9.17) is 4.74 Å². The lowest BCUT2D eigenvalue weighted by Gasteiger charge is -2.06. The van der Waals surface area contributed by atoms with Crippen LogP contribution in [0.25, 0.3) is 0 Å². The largest absolute Gasteiger partial charge is 0.462 e. The highest BCUT2D eigenvalue weighted by Gasteiger charge is 2.13. The molecule has 76 valence electrons. The fourth-order valence-electron chi connectivity index (χ4n) is 0.932. The van der Waals surface area contributed by atoms with Gasteiger partial charge in [-0.25, -0.2) is 4.79 Å². The number of thiol groups is 1. The molecule has 2 nitrogen and oxygen atoms in total. The van der Waals surface area contributed by atoms with Gasteiger partial charge in [-0.05, 0) is 41.6 Å². The van der Waals surface area contributed by atoms with Gasteiger partial charge in [0.1, 0.15) is 0 Å². The molecular weight excluding hydrogens is 379 g/mol. The SMILES string of the molecule is CCOC(=O)c1cc(Br)cc(S)c1I. The molecule has 1 aromatic rings. The van der Waals surface area contributed by atoms with Crippen LogP contribution in [0.1, 0.15) is 17.3 Å². The zero-order valence-electron chi connectivity index (χ0n) is 7.38. The summed E-state index contributed by atoms with van der Waals surface area (Å²) in [5, 5.41) is 0. The Morgan fingerprint density at radius 2 is 2.29 bits per heavy atom. The lowest BCUT2D eigenvalue weighted by atomic mass is 10.2. The van der Waals surface area contributed by atoms with E-state index in [0.717, 1.165) is 12.9 Å². The second kappa shape index (κ2) is 5.37. The molecule has 0 unspecified atom stereocenters. The highest BCUT2D eigenvalue weighted by Crippen LogP contribution is 2.26. The summed E-state index contributed by atoms with van der Waals surface area (Å²) in [6.07, 6.45) is 0.